The number of carboxylic acids is 1. The Kier molecular flexibility index (Phi) is 7.21. The molecule has 0 bridgehead atoms. The number of carbonyl (C=O) groups is 2. The highest BCUT2D eigenvalue weighted by Crippen LogP contribution is 2.55. The number of ether oxygens (including phenoxy) is 1. The van der Waals surface area contributed by atoms with Crippen LogP contribution in [0.4, 0.5) is 0 Å². The molecule has 0 unspecified atom stereocenters. The topological polar surface area (TPSA) is 106 Å². The van der Waals surface area contributed by atoms with Crippen molar-refractivity contribution in [2.75, 3.05) is 7.11 Å². The molecule has 3 aromatic rings. The molecular formula is C28H35N3O5S. The Balaban J connectivity index is 1.92. The number of hydrogen-bond acceptors (Lipinski definition) is 7. The van der Waals surface area contributed by atoms with Crippen molar-refractivity contribution >= 4 is 23.2 Å². The van der Waals surface area contributed by atoms with E-state index in [0.29, 0.717) is 27.8 Å². The van der Waals surface area contributed by atoms with Crippen LogP contribution >= 0.6 is 11.3 Å². The predicted molar refractivity (Wildman–Crippen MR) is 141 cm³/mol. The number of carboxylic acid groups (broad SMARTS) is 1. The fourth-order valence-electron chi connectivity index (χ4n) is 5.54. The molecule has 1 aliphatic heterocycles. The summed E-state index contributed by atoms with van der Waals surface area (Å²) < 4.78 is 11.3. The first-order valence-corrected chi connectivity index (χ1v) is 13.3. The molecule has 4 rings (SSSR count). The van der Waals surface area contributed by atoms with Crippen LogP contribution in [0.2, 0.25) is 0 Å². The van der Waals surface area contributed by atoms with Gasteiger partial charge >= 0.3 is 5.97 Å². The van der Waals surface area contributed by atoms with Crippen molar-refractivity contribution in [1.82, 2.24) is 15.0 Å². The molecule has 1 aromatic carbocycles. The number of thiazole rings is 1. The number of aromatic nitrogens is 2. The highest BCUT2D eigenvalue weighted by atomic mass is 32.1. The Hall–Kier alpha value is -3.20. The minimum absolute atomic E-state index is 0.0244. The van der Waals surface area contributed by atoms with Crippen molar-refractivity contribution in [3.63, 3.8) is 0 Å². The molecule has 2 aromatic heterocycles. The van der Waals surface area contributed by atoms with E-state index in [1.165, 1.54) is 11.3 Å². The van der Waals surface area contributed by atoms with E-state index in [-0.39, 0.29) is 30.1 Å². The van der Waals surface area contributed by atoms with Crippen molar-refractivity contribution in [1.29, 1.82) is 0 Å². The fraction of sp³-hybridized carbons (Fsp3) is 0.500. The van der Waals surface area contributed by atoms with Crippen LogP contribution in [-0.4, -0.2) is 44.7 Å². The Morgan fingerprint density at radius 3 is 2.54 bits per heavy atom. The zero-order valence-corrected chi connectivity index (χ0v) is 23.3. The lowest BCUT2D eigenvalue weighted by molar-refractivity contribution is -0.150. The zero-order chi connectivity index (χ0) is 27.1. The fourth-order valence-corrected chi connectivity index (χ4v) is 6.33. The monoisotopic (exact) mass is 525 g/mol. The van der Waals surface area contributed by atoms with E-state index in [0.717, 1.165) is 5.56 Å². The molecule has 3 atom stereocenters. The van der Waals surface area contributed by atoms with Gasteiger partial charge in [0.2, 0.25) is 0 Å². The van der Waals surface area contributed by atoms with Gasteiger partial charge in [0.15, 0.2) is 0 Å². The van der Waals surface area contributed by atoms with Crippen LogP contribution in [0, 0.1) is 12.8 Å². The number of rotatable bonds is 7. The zero-order valence-electron chi connectivity index (χ0n) is 22.4. The first kappa shape index (κ1) is 26.9. The number of hydrogen-bond donors (Lipinski definition) is 1. The molecule has 1 fully saturated rings. The predicted octanol–water partition coefficient (Wildman–Crippen LogP) is 5.99. The van der Waals surface area contributed by atoms with Gasteiger partial charge in [-0.2, -0.15) is 0 Å². The molecule has 0 radical (unpaired) electrons. The largest absolute Gasteiger partial charge is 0.496 e. The van der Waals surface area contributed by atoms with Gasteiger partial charge in [-0.05, 0) is 48.8 Å². The standard InChI is InChI=1S/C28H35N3O5S/c1-16(2)14-28(26(33)34)15-19(21-12-17(3)30-36-21)23(24-29-10-11-37-24)31(28)25(32)18-8-9-20(27(4,5)6)22(13-18)35-7/h8-13,16,19,23H,14-15H2,1-7H3,(H,33,34)/t19-,23+,28-/m0/s1. The maximum atomic E-state index is 14.4. The second-order valence-electron chi connectivity index (χ2n) is 11.3. The van der Waals surface area contributed by atoms with E-state index in [9.17, 15) is 14.7 Å². The number of methoxy groups -OCH3 is 1. The van der Waals surface area contributed by atoms with Crippen molar-refractivity contribution in [3.8, 4) is 5.75 Å². The second-order valence-corrected chi connectivity index (χ2v) is 12.2. The van der Waals surface area contributed by atoms with Crippen LogP contribution in [0.3, 0.4) is 0 Å². The molecule has 198 valence electrons. The number of amides is 1. The van der Waals surface area contributed by atoms with Crippen LogP contribution < -0.4 is 4.74 Å². The quantitative estimate of drug-likeness (QED) is 0.404. The Morgan fingerprint density at radius 1 is 1.30 bits per heavy atom. The molecular weight excluding hydrogens is 490 g/mol. The first-order chi connectivity index (χ1) is 17.4. The van der Waals surface area contributed by atoms with Gasteiger partial charge in [0.05, 0.1) is 18.8 Å². The van der Waals surface area contributed by atoms with Crippen molar-refractivity contribution < 1.29 is 24.0 Å². The molecule has 1 saturated heterocycles. The maximum Gasteiger partial charge on any atom is 0.329 e. The van der Waals surface area contributed by atoms with Gasteiger partial charge in [0.1, 0.15) is 22.1 Å². The van der Waals surface area contributed by atoms with Crippen molar-refractivity contribution in [3.05, 3.63) is 63.4 Å². The van der Waals surface area contributed by atoms with Crippen molar-refractivity contribution in [2.45, 2.75) is 77.3 Å². The number of aryl methyl sites for hydroxylation is 1. The summed E-state index contributed by atoms with van der Waals surface area (Å²) >= 11 is 1.40. The number of benzene rings is 1. The second kappa shape index (κ2) is 9.93. The van der Waals surface area contributed by atoms with Crippen LogP contribution in [0.5, 0.6) is 5.75 Å². The molecule has 9 heteroatoms. The summed E-state index contributed by atoms with van der Waals surface area (Å²) in [5, 5.41) is 17.3. The molecule has 0 saturated carbocycles. The van der Waals surface area contributed by atoms with E-state index in [1.54, 1.807) is 30.3 Å². The highest BCUT2D eigenvalue weighted by Gasteiger charge is 2.60. The number of likely N-dealkylation sites (tertiary alicyclic amines) is 1. The third-order valence-corrected chi connectivity index (χ3v) is 7.86. The van der Waals surface area contributed by atoms with E-state index >= 15 is 0 Å². The summed E-state index contributed by atoms with van der Waals surface area (Å²) in [5.41, 5.74) is 0.385. The van der Waals surface area contributed by atoms with Crippen LogP contribution in [0.1, 0.15) is 91.8 Å². The van der Waals surface area contributed by atoms with Gasteiger partial charge < -0.3 is 19.3 Å². The smallest absolute Gasteiger partial charge is 0.329 e. The molecule has 8 nitrogen and oxygen atoms in total. The molecule has 1 N–H and O–H groups in total. The normalized spacial score (nSPS) is 22.0. The van der Waals surface area contributed by atoms with Gasteiger partial charge in [-0.15, -0.1) is 11.3 Å². The third kappa shape index (κ3) is 4.89. The lowest BCUT2D eigenvalue weighted by atomic mass is 9.83. The Labute approximate surface area is 221 Å². The summed E-state index contributed by atoms with van der Waals surface area (Å²) in [7, 11) is 1.58. The molecule has 3 heterocycles. The van der Waals surface area contributed by atoms with Crippen LogP contribution in [-0.2, 0) is 10.2 Å². The van der Waals surface area contributed by atoms with Gasteiger partial charge in [0.25, 0.3) is 5.91 Å². The Morgan fingerprint density at radius 2 is 2.03 bits per heavy atom. The number of carbonyl (C=O) groups excluding carboxylic acids is 1. The minimum atomic E-state index is -1.46. The molecule has 37 heavy (non-hydrogen) atoms. The van der Waals surface area contributed by atoms with Gasteiger partial charge in [0, 0.05) is 29.1 Å². The minimum Gasteiger partial charge on any atom is -0.496 e. The highest BCUT2D eigenvalue weighted by molar-refractivity contribution is 7.09. The summed E-state index contributed by atoms with van der Waals surface area (Å²) in [6.45, 7) is 12.0. The summed E-state index contributed by atoms with van der Waals surface area (Å²) in [6, 6.07) is 6.57. The van der Waals surface area contributed by atoms with E-state index in [2.05, 4.69) is 30.9 Å². The molecule has 1 aliphatic rings. The van der Waals surface area contributed by atoms with Crippen LogP contribution in [0.25, 0.3) is 0 Å². The summed E-state index contributed by atoms with van der Waals surface area (Å²) in [6.07, 6.45) is 2.16. The number of aliphatic carboxylic acids is 1. The van der Waals surface area contributed by atoms with Gasteiger partial charge in [-0.3, -0.25) is 4.79 Å². The molecule has 0 spiro atoms. The van der Waals surface area contributed by atoms with E-state index in [4.69, 9.17) is 9.26 Å². The molecule has 0 aliphatic carbocycles. The van der Waals surface area contributed by atoms with Gasteiger partial charge in [-0.1, -0.05) is 45.8 Å². The SMILES string of the molecule is COc1cc(C(=O)N2[C@@H](c3nccs3)[C@H](c3cc(C)no3)C[C@@]2(CC(C)C)C(=O)O)ccc1C(C)(C)C. The van der Waals surface area contributed by atoms with Crippen molar-refractivity contribution in [2.24, 2.45) is 5.92 Å². The van der Waals surface area contributed by atoms with E-state index < -0.39 is 23.5 Å². The van der Waals surface area contributed by atoms with Gasteiger partial charge in [-0.25, -0.2) is 9.78 Å². The Bertz CT molecular complexity index is 1280. The average Bonchev–Trinajstić information content (AvgIpc) is 3.56. The third-order valence-electron chi connectivity index (χ3n) is 7.01. The maximum absolute atomic E-state index is 14.4. The lowest BCUT2D eigenvalue weighted by Gasteiger charge is -2.38. The average molecular weight is 526 g/mol. The molecule has 1 amide bonds. The number of nitrogens with zero attached hydrogens (tertiary/aromatic N) is 3. The van der Waals surface area contributed by atoms with E-state index in [1.807, 2.05) is 38.3 Å². The van der Waals surface area contributed by atoms with Crippen LogP contribution in [0.15, 0.2) is 40.4 Å². The summed E-state index contributed by atoms with van der Waals surface area (Å²) in [5.74, 6) is -0.647. The first-order valence-electron chi connectivity index (χ1n) is 12.5. The lowest BCUT2D eigenvalue weighted by Crippen LogP contribution is -2.54. The summed E-state index contributed by atoms with van der Waals surface area (Å²) in [4.78, 5) is 33.6.